The average molecular weight is 427 g/mol. The Morgan fingerprint density at radius 1 is 1.09 bits per heavy atom. The van der Waals surface area contributed by atoms with E-state index in [0.29, 0.717) is 18.0 Å². The Morgan fingerprint density at radius 3 is 2.75 bits per heavy atom. The highest BCUT2D eigenvalue weighted by Crippen LogP contribution is 2.29. The van der Waals surface area contributed by atoms with Crippen LogP contribution in [0.3, 0.4) is 0 Å². The van der Waals surface area contributed by atoms with Gasteiger partial charge >= 0.3 is 0 Å². The topological polar surface area (TPSA) is 75.4 Å². The first-order chi connectivity index (χ1) is 15.5. The molecule has 0 bridgehead atoms. The Morgan fingerprint density at radius 2 is 1.94 bits per heavy atom. The molecule has 32 heavy (non-hydrogen) atoms. The fraction of sp³-hybridized carbons (Fsp3) is 0.280. The monoisotopic (exact) mass is 426 g/mol. The van der Waals surface area contributed by atoms with E-state index < -0.39 is 0 Å². The van der Waals surface area contributed by atoms with Gasteiger partial charge in [-0.2, -0.15) is 0 Å². The van der Waals surface area contributed by atoms with Crippen molar-refractivity contribution in [2.45, 2.75) is 32.6 Å². The minimum atomic E-state index is -0.0501. The van der Waals surface area contributed by atoms with Crippen molar-refractivity contribution in [3.63, 3.8) is 0 Å². The van der Waals surface area contributed by atoms with Gasteiger partial charge in [-0.05, 0) is 57.0 Å². The number of carbonyl (C=O) groups excluding carboxylic acids is 1. The van der Waals surface area contributed by atoms with Crippen molar-refractivity contribution in [3.05, 3.63) is 83.7 Å². The Labute approximate surface area is 187 Å². The van der Waals surface area contributed by atoms with Gasteiger partial charge in [-0.15, -0.1) is 0 Å². The first-order valence-corrected chi connectivity index (χ1v) is 11.0. The predicted octanol–water partition coefficient (Wildman–Crippen LogP) is 4.50. The van der Waals surface area contributed by atoms with Crippen LogP contribution in [0.5, 0.6) is 0 Å². The molecule has 0 saturated carbocycles. The van der Waals surface area contributed by atoms with Gasteiger partial charge in [0.1, 0.15) is 5.69 Å². The van der Waals surface area contributed by atoms with Crippen molar-refractivity contribution >= 4 is 23.1 Å². The molecule has 4 aromatic rings. The third-order valence-corrected chi connectivity index (χ3v) is 5.89. The van der Waals surface area contributed by atoms with Crippen molar-refractivity contribution in [1.82, 2.24) is 24.3 Å². The van der Waals surface area contributed by atoms with E-state index in [1.54, 1.807) is 16.8 Å². The third kappa shape index (κ3) is 4.19. The largest absolute Gasteiger partial charge is 0.355 e. The van der Waals surface area contributed by atoms with Crippen molar-refractivity contribution in [2.75, 3.05) is 18.4 Å². The van der Waals surface area contributed by atoms with Gasteiger partial charge in [0.25, 0.3) is 5.91 Å². The highest BCUT2D eigenvalue weighted by molar-refractivity contribution is 5.92. The number of rotatable bonds is 4. The fourth-order valence-corrected chi connectivity index (χ4v) is 4.28. The van der Waals surface area contributed by atoms with Crippen LogP contribution in [0.1, 0.15) is 46.2 Å². The van der Waals surface area contributed by atoms with Crippen LogP contribution < -0.4 is 5.32 Å². The molecule has 0 radical (unpaired) electrons. The number of fused-ring (bicyclic) bond motifs is 1. The van der Waals surface area contributed by atoms with E-state index in [1.165, 1.54) is 5.56 Å². The maximum atomic E-state index is 13.1. The molecule has 7 heteroatoms. The van der Waals surface area contributed by atoms with Gasteiger partial charge in [-0.3, -0.25) is 14.2 Å². The Hall–Kier alpha value is -3.74. The molecule has 1 N–H and O–H groups in total. The number of amides is 1. The Bertz CT molecular complexity index is 1230. The van der Waals surface area contributed by atoms with Crippen LogP contribution in [-0.4, -0.2) is 43.2 Å². The SMILES string of the molecule is Cc1ccc(Nc2cc(C)nc([C@H]3CCCN(C(=O)c4cn5cccnc5n4)C3)c2)cc1. The van der Waals surface area contributed by atoms with E-state index in [9.17, 15) is 4.79 Å². The smallest absolute Gasteiger partial charge is 0.274 e. The highest BCUT2D eigenvalue weighted by Gasteiger charge is 2.28. The van der Waals surface area contributed by atoms with Gasteiger partial charge in [0.15, 0.2) is 0 Å². The van der Waals surface area contributed by atoms with Crippen LogP contribution in [0.4, 0.5) is 11.4 Å². The van der Waals surface area contributed by atoms with Gasteiger partial charge in [0.2, 0.25) is 5.78 Å². The van der Waals surface area contributed by atoms with Gasteiger partial charge in [-0.1, -0.05) is 17.7 Å². The number of piperidine rings is 1. The zero-order valence-corrected chi connectivity index (χ0v) is 18.3. The van der Waals surface area contributed by atoms with E-state index in [4.69, 9.17) is 4.98 Å². The molecule has 1 amide bonds. The van der Waals surface area contributed by atoms with Crippen molar-refractivity contribution in [3.8, 4) is 0 Å². The summed E-state index contributed by atoms with van der Waals surface area (Å²) >= 11 is 0. The lowest BCUT2D eigenvalue weighted by molar-refractivity contribution is 0.0700. The number of likely N-dealkylation sites (tertiary alicyclic amines) is 1. The number of carbonyl (C=O) groups is 1. The molecule has 0 aliphatic carbocycles. The summed E-state index contributed by atoms with van der Waals surface area (Å²) in [6.07, 6.45) is 7.24. The number of hydrogen-bond donors (Lipinski definition) is 1. The number of anilines is 2. The van der Waals surface area contributed by atoms with E-state index in [0.717, 1.165) is 42.1 Å². The quantitative estimate of drug-likeness (QED) is 0.520. The maximum Gasteiger partial charge on any atom is 0.274 e. The number of hydrogen-bond acceptors (Lipinski definition) is 5. The zero-order chi connectivity index (χ0) is 22.1. The molecule has 1 fully saturated rings. The fourth-order valence-electron chi connectivity index (χ4n) is 4.28. The van der Waals surface area contributed by atoms with Gasteiger partial charge in [0.05, 0.1) is 0 Å². The molecule has 3 aromatic heterocycles. The first-order valence-electron chi connectivity index (χ1n) is 11.0. The van der Waals surface area contributed by atoms with Crippen LogP contribution in [0.2, 0.25) is 0 Å². The van der Waals surface area contributed by atoms with E-state index in [-0.39, 0.29) is 11.8 Å². The average Bonchev–Trinajstić information content (AvgIpc) is 3.24. The van der Waals surface area contributed by atoms with Crippen molar-refractivity contribution < 1.29 is 4.79 Å². The summed E-state index contributed by atoms with van der Waals surface area (Å²) in [5, 5.41) is 3.49. The molecule has 0 spiro atoms. The second kappa shape index (κ2) is 8.42. The number of aryl methyl sites for hydroxylation is 2. The molecule has 162 valence electrons. The minimum Gasteiger partial charge on any atom is -0.355 e. The second-order valence-electron chi connectivity index (χ2n) is 8.46. The number of nitrogens with zero attached hydrogens (tertiary/aromatic N) is 5. The maximum absolute atomic E-state index is 13.1. The predicted molar refractivity (Wildman–Crippen MR) is 124 cm³/mol. The Kier molecular flexibility index (Phi) is 5.31. The summed E-state index contributed by atoms with van der Waals surface area (Å²) in [5.74, 6) is 0.684. The molecule has 0 unspecified atom stereocenters. The molecule has 1 aromatic carbocycles. The van der Waals surface area contributed by atoms with Crippen LogP contribution in [0.25, 0.3) is 5.78 Å². The first kappa shape index (κ1) is 20.2. The lowest BCUT2D eigenvalue weighted by Crippen LogP contribution is -2.39. The number of pyridine rings is 1. The lowest BCUT2D eigenvalue weighted by Gasteiger charge is -2.32. The van der Waals surface area contributed by atoms with Crippen LogP contribution in [0, 0.1) is 13.8 Å². The van der Waals surface area contributed by atoms with Gasteiger partial charge < -0.3 is 10.2 Å². The van der Waals surface area contributed by atoms with Crippen molar-refractivity contribution in [2.24, 2.45) is 0 Å². The summed E-state index contributed by atoms with van der Waals surface area (Å²) in [5.41, 5.74) is 5.72. The number of aromatic nitrogens is 4. The van der Waals surface area contributed by atoms with Crippen molar-refractivity contribution in [1.29, 1.82) is 0 Å². The molecule has 1 aliphatic rings. The summed E-state index contributed by atoms with van der Waals surface area (Å²) in [6, 6.07) is 14.3. The van der Waals surface area contributed by atoms with E-state index in [1.807, 2.05) is 24.1 Å². The molecule has 5 rings (SSSR count). The third-order valence-electron chi connectivity index (χ3n) is 5.89. The normalized spacial score (nSPS) is 16.3. The molecule has 4 heterocycles. The second-order valence-corrected chi connectivity index (χ2v) is 8.46. The highest BCUT2D eigenvalue weighted by atomic mass is 16.2. The van der Waals surface area contributed by atoms with Crippen LogP contribution in [0.15, 0.2) is 61.1 Å². The minimum absolute atomic E-state index is 0.0501. The van der Waals surface area contributed by atoms with Gasteiger partial charge in [-0.25, -0.2) is 9.97 Å². The summed E-state index contributed by atoms with van der Waals surface area (Å²) in [6.45, 7) is 5.47. The van der Waals surface area contributed by atoms with Crippen LogP contribution >= 0.6 is 0 Å². The summed E-state index contributed by atoms with van der Waals surface area (Å²) < 4.78 is 1.78. The Balaban J connectivity index is 1.35. The van der Waals surface area contributed by atoms with Gasteiger partial charge in [0, 0.05) is 60.4 Å². The summed E-state index contributed by atoms with van der Waals surface area (Å²) in [7, 11) is 0. The number of imidazole rings is 1. The standard InChI is InChI=1S/C25H26N6O/c1-17-6-8-20(9-7-17)28-21-13-18(2)27-22(14-21)19-5-3-11-30(15-19)24(32)23-16-31-12-4-10-26-25(31)29-23/h4,6-10,12-14,16,19H,3,5,11,15H2,1-2H3,(H,27,28)/t19-/m0/s1. The number of benzene rings is 1. The molecular formula is C25H26N6O. The molecular weight excluding hydrogens is 400 g/mol. The molecule has 1 saturated heterocycles. The molecule has 1 atom stereocenters. The van der Waals surface area contributed by atoms with E-state index in [2.05, 4.69) is 58.6 Å². The van der Waals surface area contributed by atoms with Crippen LogP contribution in [-0.2, 0) is 0 Å². The number of nitrogens with one attached hydrogen (secondary N) is 1. The van der Waals surface area contributed by atoms with E-state index >= 15 is 0 Å². The molecule has 1 aliphatic heterocycles. The zero-order valence-electron chi connectivity index (χ0n) is 18.3. The lowest BCUT2D eigenvalue weighted by atomic mass is 9.93. The molecule has 7 nitrogen and oxygen atoms in total. The summed E-state index contributed by atoms with van der Waals surface area (Å²) in [4.78, 5) is 28.5.